The molecule has 1 amide bonds. The van der Waals surface area contributed by atoms with Crippen LogP contribution in [-0.4, -0.2) is 32.9 Å². The Morgan fingerprint density at radius 2 is 1.72 bits per heavy atom. The molecule has 1 N–H and O–H groups in total. The Hall–Kier alpha value is -3.02. The van der Waals surface area contributed by atoms with Crippen molar-refractivity contribution in [3.63, 3.8) is 0 Å². The fraction of sp³-hybridized carbons (Fsp3) is 0.263. The minimum Gasteiger partial charge on any atom is -0.493 e. The highest BCUT2D eigenvalue weighted by Gasteiger charge is 2.04. The maximum Gasteiger partial charge on any atom is 0.277 e. The maximum atomic E-state index is 11.8. The standard InChI is InChI=1S/C19H22N2O4/c1-13-7-14(2)9-16(8-13)25-12-19(22)21-20-11-15-5-6-17(23-3)18(10-15)24-4/h5-11H,12H2,1-4H3,(H,21,22)/b20-11+. The van der Waals surface area contributed by atoms with Gasteiger partial charge in [0.05, 0.1) is 20.4 Å². The largest absolute Gasteiger partial charge is 0.493 e. The van der Waals surface area contributed by atoms with Crippen LogP contribution in [0.4, 0.5) is 0 Å². The highest BCUT2D eigenvalue weighted by atomic mass is 16.5. The number of hydrogen-bond donors (Lipinski definition) is 1. The van der Waals surface area contributed by atoms with E-state index in [1.54, 1.807) is 26.4 Å². The van der Waals surface area contributed by atoms with E-state index in [4.69, 9.17) is 14.2 Å². The van der Waals surface area contributed by atoms with Gasteiger partial charge in [0.25, 0.3) is 5.91 Å². The third-order valence-corrected chi connectivity index (χ3v) is 3.38. The van der Waals surface area contributed by atoms with Gasteiger partial charge in [-0.05, 0) is 60.9 Å². The van der Waals surface area contributed by atoms with Gasteiger partial charge in [-0.25, -0.2) is 5.43 Å². The highest BCUT2D eigenvalue weighted by Crippen LogP contribution is 2.26. The van der Waals surface area contributed by atoms with Crippen LogP contribution in [-0.2, 0) is 4.79 Å². The predicted molar refractivity (Wildman–Crippen MR) is 96.7 cm³/mol. The number of rotatable bonds is 7. The number of benzene rings is 2. The molecule has 2 aromatic carbocycles. The van der Waals surface area contributed by atoms with Gasteiger partial charge in [0.2, 0.25) is 0 Å². The van der Waals surface area contributed by atoms with E-state index in [2.05, 4.69) is 10.5 Å². The number of hydrogen-bond acceptors (Lipinski definition) is 5. The van der Waals surface area contributed by atoms with E-state index in [1.807, 2.05) is 38.1 Å². The number of nitrogens with zero attached hydrogens (tertiary/aromatic N) is 1. The zero-order valence-corrected chi connectivity index (χ0v) is 14.8. The summed E-state index contributed by atoms with van der Waals surface area (Å²) in [7, 11) is 3.13. The van der Waals surface area contributed by atoms with Crippen molar-refractivity contribution in [2.75, 3.05) is 20.8 Å². The Balaban J connectivity index is 1.88. The molecule has 25 heavy (non-hydrogen) atoms. The quantitative estimate of drug-likeness (QED) is 0.620. The molecule has 0 aromatic heterocycles. The molecular formula is C19H22N2O4. The van der Waals surface area contributed by atoms with Crippen LogP contribution in [0.1, 0.15) is 16.7 Å². The van der Waals surface area contributed by atoms with Gasteiger partial charge in [0.1, 0.15) is 5.75 Å². The summed E-state index contributed by atoms with van der Waals surface area (Å²) in [6, 6.07) is 11.1. The van der Waals surface area contributed by atoms with Crippen LogP contribution < -0.4 is 19.6 Å². The number of nitrogens with one attached hydrogen (secondary N) is 1. The van der Waals surface area contributed by atoms with Crippen LogP contribution in [0.3, 0.4) is 0 Å². The fourth-order valence-corrected chi connectivity index (χ4v) is 2.31. The van der Waals surface area contributed by atoms with Crippen molar-refractivity contribution < 1.29 is 19.0 Å². The van der Waals surface area contributed by atoms with E-state index in [0.717, 1.165) is 16.7 Å². The third-order valence-electron chi connectivity index (χ3n) is 3.38. The lowest BCUT2D eigenvalue weighted by Gasteiger charge is -2.08. The molecule has 0 saturated heterocycles. The fourth-order valence-electron chi connectivity index (χ4n) is 2.31. The molecule has 0 fully saturated rings. The monoisotopic (exact) mass is 342 g/mol. The lowest BCUT2D eigenvalue weighted by Crippen LogP contribution is -2.24. The van der Waals surface area contributed by atoms with Gasteiger partial charge < -0.3 is 14.2 Å². The van der Waals surface area contributed by atoms with Gasteiger partial charge >= 0.3 is 0 Å². The van der Waals surface area contributed by atoms with Gasteiger partial charge in [-0.1, -0.05) is 6.07 Å². The molecule has 0 aliphatic carbocycles. The van der Waals surface area contributed by atoms with Crippen molar-refractivity contribution in [3.05, 3.63) is 53.1 Å². The van der Waals surface area contributed by atoms with Crippen LogP contribution in [0.2, 0.25) is 0 Å². The van der Waals surface area contributed by atoms with Crippen molar-refractivity contribution in [1.29, 1.82) is 0 Å². The van der Waals surface area contributed by atoms with Gasteiger partial charge in [-0.2, -0.15) is 5.10 Å². The SMILES string of the molecule is COc1ccc(/C=N/NC(=O)COc2cc(C)cc(C)c2)cc1OC. The third kappa shape index (κ3) is 5.53. The van der Waals surface area contributed by atoms with Crippen LogP contribution in [0, 0.1) is 13.8 Å². The number of methoxy groups -OCH3 is 2. The van der Waals surface area contributed by atoms with E-state index < -0.39 is 0 Å². The Labute approximate surface area is 147 Å². The van der Waals surface area contributed by atoms with E-state index in [-0.39, 0.29) is 12.5 Å². The van der Waals surface area contributed by atoms with Crippen molar-refractivity contribution in [3.8, 4) is 17.2 Å². The summed E-state index contributed by atoms with van der Waals surface area (Å²) in [5.74, 6) is 1.55. The summed E-state index contributed by atoms with van der Waals surface area (Å²) in [5.41, 5.74) is 5.37. The summed E-state index contributed by atoms with van der Waals surface area (Å²) >= 11 is 0. The van der Waals surface area contributed by atoms with Crippen molar-refractivity contribution >= 4 is 12.1 Å². The number of ether oxygens (including phenoxy) is 3. The van der Waals surface area contributed by atoms with Gasteiger partial charge in [-0.3, -0.25) is 4.79 Å². The molecule has 0 unspecified atom stereocenters. The number of aryl methyl sites for hydroxylation is 2. The molecule has 132 valence electrons. The Kier molecular flexibility index (Phi) is 6.39. The average molecular weight is 342 g/mol. The first kappa shape index (κ1) is 18.3. The lowest BCUT2D eigenvalue weighted by atomic mass is 10.1. The molecule has 6 nitrogen and oxygen atoms in total. The molecular weight excluding hydrogens is 320 g/mol. The smallest absolute Gasteiger partial charge is 0.277 e. The number of amides is 1. The normalized spacial score (nSPS) is 10.6. The second-order valence-electron chi connectivity index (χ2n) is 5.52. The zero-order chi connectivity index (χ0) is 18.2. The molecule has 0 saturated carbocycles. The van der Waals surface area contributed by atoms with Crippen molar-refractivity contribution in [1.82, 2.24) is 5.43 Å². The van der Waals surface area contributed by atoms with E-state index in [1.165, 1.54) is 6.21 Å². The lowest BCUT2D eigenvalue weighted by molar-refractivity contribution is -0.123. The molecule has 0 radical (unpaired) electrons. The Morgan fingerprint density at radius 1 is 1.04 bits per heavy atom. The minimum atomic E-state index is -0.337. The van der Waals surface area contributed by atoms with Crippen LogP contribution in [0.25, 0.3) is 0 Å². The molecule has 0 bridgehead atoms. The Bertz CT molecular complexity index is 752. The second-order valence-corrected chi connectivity index (χ2v) is 5.52. The Morgan fingerprint density at radius 3 is 2.36 bits per heavy atom. The number of carbonyl (C=O) groups is 1. The van der Waals surface area contributed by atoms with Gasteiger partial charge in [0.15, 0.2) is 18.1 Å². The van der Waals surface area contributed by atoms with Gasteiger partial charge in [0, 0.05) is 0 Å². The molecule has 0 aliphatic rings. The van der Waals surface area contributed by atoms with E-state index >= 15 is 0 Å². The molecule has 6 heteroatoms. The first-order chi connectivity index (χ1) is 12.0. The molecule has 0 heterocycles. The molecule has 2 aromatic rings. The number of carbonyl (C=O) groups excluding carboxylic acids is 1. The summed E-state index contributed by atoms with van der Waals surface area (Å²) < 4.78 is 15.9. The zero-order valence-electron chi connectivity index (χ0n) is 14.8. The second kappa shape index (κ2) is 8.73. The molecule has 0 atom stereocenters. The predicted octanol–water partition coefficient (Wildman–Crippen LogP) is 2.85. The summed E-state index contributed by atoms with van der Waals surface area (Å²) in [5, 5.41) is 3.92. The summed E-state index contributed by atoms with van der Waals surface area (Å²) in [6.45, 7) is 3.85. The maximum absolute atomic E-state index is 11.8. The molecule has 2 rings (SSSR count). The highest BCUT2D eigenvalue weighted by molar-refractivity contribution is 5.83. The first-order valence-corrected chi connectivity index (χ1v) is 7.77. The minimum absolute atomic E-state index is 0.105. The summed E-state index contributed by atoms with van der Waals surface area (Å²) in [6.07, 6.45) is 1.52. The van der Waals surface area contributed by atoms with E-state index in [9.17, 15) is 4.79 Å². The molecule has 0 spiro atoms. The van der Waals surface area contributed by atoms with Crippen LogP contribution in [0.15, 0.2) is 41.5 Å². The van der Waals surface area contributed by atoms with E-state index in [0.29, 0.717) is 17.2 Å². The topological polar surface area (TPSA) is 69.2 Å². The van der Waals surface area contributed by atoms with Gasteiger partial charge in [-0.15, -0.1) is 0 Å². The van der Waals surface area contributed by atoms with Crippen LogP contribution in [0.5, 0.6) is 17.2 Å². The summed E-state index contributed by atoms with van der Waals surface area (Å²) in [4.78, 5) is 11.8. The number of hydrazone groups is 1. The van der Waals surface area contributed by atoms with Crippen molar-refractivity contribution in [2.45, 2.75) is 13.8 Å². The average Bonchev–Trinajstić information content (AvgIpc) is 2.59. The van der Waals surface area contributed by atoms with Crippen LogP contribution >= 0.6 is 0 Å². The molecule has 0 aliphatic heterocycles. The first-order valence-electron chi connectivity index (χ1n) is 7.77. The van der Waals surface area contributed by atoms with Crippen molar-refractivity contribution in [2.24, 2.45) is 5.10 Å².